The summed E-state index contributed by atoms with van der Waals surface area (Å²) in [5.74, 6) is 1.95. The van der Waals surface area contributed by atoms with Gasteiger partial charge in [0.05, 0.1) is 0 Å². The monoisotopic (exact) mass is 309 g/mol. The summed E-state index contributed by atoms with van der Waals surface area (Å²) in [5, 5.41) is 3.48. The molecule has 0 aromatic heterocycles. The van der Waals surface area contributed by atoms with Crippen molar-refractivity contribution in [2.24, 2.45) is 5.92 Å². The number of hydrogen-bond acceptors (Lipinski definition) is 2. The zero-order valence-electron chi connectivity index (χ0n) is 13.5. The molecule has 1 aliphatic rings. The molecule has 1 saturated carbocycles. The lowest BCUT2D eigenvalue weighted by Crippen LogP contribution is -2.20. The van der Waals surface area contributed by atoms with E-state index >= 15 is 0 Å². The summed E-state index contributed by atoms with van der Waals surface area (Å²) >= 11 is 1.92. The van der Waals surface area contributed by atoms with E-state index in [2.05, 4.69) is 19.2 Å². The fraction of sp³-hybridized carbons (Fsp3) is 0.667. The van der Waals surface area contributed by atoms with Crippen LogP contribution >= 0.6 is 11.8 Å². The van der Waals surface area contributed by atoms with Crippen LogP contribution < -0.4 is 5.32 Å². The molecular weight excluding hydrogens is 281 g/mol. The second-order valence-electron chi connectivity index (χ2n) is 6.28. The highest BCUT2D eigenvalue weighted by molar-refractivity contribution is 7.99. The Bertz CT molecular complexity index is 455. The van der Waals surface area contributed by atoms with Crippen molar-refractivity contribution in [1.82, 2.24) is 5.32 Å². The number of hydrogen-bond donors (Lipinski definition) is 1. The molecule has 1 atom stereocenters. The molecule has 1 aromatic rings. The Morgan fingerprint density at radius 2 is 2.05 bits per heavy atom. The number of thioether (sulfide) groups is 1. The highest BCUT2D eigenvalue weighted by Crippen LogP contribution is 2.35. The maximum Gasteiger partial charge on any atom is 0.126 e. The molecule has 0 aliphatic heterocycles. The van der Waals surface area contributed by atoms with Crippen molar-refractivity contribution in [1.29, 1.82) is 0 Å². The van der Waals surface area contributed by atoms with E-state index < -0.39 is 0 Å². The summed E-state index contributed by atoms with van der Waals surface area (Å²) in [7, 11) is 0. The molecule has 1 unspecified atom stereocenters. The first kappa shape index (κ1) is 16.8. The number of halogens is 1. The second-order valence-corrected chi connectivity index (χ2v) is 7.34. The van der Waals surface area contributed by atoms with E-state index in [1.54, 1.807) is 6.07 Å². The minimum absolute atomic E-state index is 0.0830. The highest BCUT2D eigenvalue weighted by atomic mass is 32.2. The van der Waals surface area contributed by atoms with Crippen molar-refractivity contribution in [3.05, 3.63) is 29.1 Å². The fourth-order valence-electron chi connectivity index (χ4n) is 2.99. The predicted molar refractivity (Wildman–Crippen MR) is 90.5 cm³/mol. The van der Waals surface area contributed by atoms with Crippen molar-refractivity contribution >= 4 is 11.8 Å². The van der Waals surface area contributed by atoms with Gasteiger partial charge < -0.3 is 5.32 Å². The topological polar surface area (TPSA) is 12.0 Å². The first-order chi connectivity index (χ1) is 10.1. The van der Waals surface area contributed by atoms with E-state index in [-0.39, 0.29) is 11.9 Å². The zero-order chi connectivity index (χ0) is 15.2. The zero-order valence-corrected chi connectivity index (χ0v) is 14.4. The van der Waals surface area contributed by atoms with Gasteiger partial charge in [-0.2, -0.15) is 0 Å². The quantitative estimate of drug-likeness (QED) is 0.670. The van der Waals surface area contributed by atoms with Crippen LogP contribution in [0.3, 0.4) is 0 Å². The fourth-order valence-corrected chi connectivity index (χ4v) is 4.40. The Morgan fingerprint density at radius 3 is 2.71 bits per heavy atom. The van der Waals surface area contributed by atoms with Gasteiger partial charge in [-0.1, -0.05) is 19.8 Å². The van der Waals surface area contributed by atoms with Crippen molar-refractivity contribution in [2.45, 2.75) is 63.8 Å². The summed E-state index contributed by atoms with van der Waals surface area (Å²) in [6, 6.07) is 3.99. The van der Waals surface area contributed by atoms with Crippen LogP contribution in [0.25, 0.3) is 0 Å². The number of nitrogens with one attached hydrogen (secondary N) is 1. The Morgan fingerprint density at radius 1 is 1.33 bits per heavy atom. The number of benzene rings is 1. The van der Waals surface area contributed by atoms with Gasteiger partial charge in [-0.05, 0) is 68.8 Å². The molecule has 2 rings (SSSR count). The largest absolute Gasteiger partial charge is 0.310 e. The molecule has 0 saturated heterocycles. The maximum absolute atomic E-state index is 13.9. The third kappa shape index (κ3) is 4.72. The standard InChI is InChI=1S/C18H28FNS/c1-4-9-20-14(3)16-11-17(19)13(2)10-18(16)21-12-15-7-5-6-8-15/h10-11,14-15,20H,4-9,12H2,1-3H3. The molecule has 0 amide bonds. The lowest BCUT2D eigenvalue weighted by molar-refractivity contribution is 0.552. The number of aryl methyl sites for hydroxylation is 1. The van der Waals surface area contributed by atoms with Gasteiger partial charge in [-0.25, -0.2) is 4.39 Å². The van der Waals surface area contributed by atoms with Gasteiger partial charge in [0.1, 0.15) is 5.82 Å². The van der Waals surface area contributed by atoms with Crippen LogP contribution in [0.15, 0.2) is 17.0 Å². The molecule has 0 bridgehead atoms. The molecule has 3 heteroatoms. The van der Waals surface area contributed by atoms with Gasteiger partial charge in [0.2, 0.25) is 0 Å². The summed E-state index contributed by atoms with van der Waals surface area (Å²) in [4.78, 5) is 1.26. The molecule has 21 heavy (non-hydrogen) atoms. The lowest BCUT2D eigenvalue weighted by Gasteiger charge is -2.19. The molecule has 1 aromatic carbocycles. The molecule has 0 spiro atoms. The SMILES string of the molecule is CCCNC(C)c1cc(F)c(C)cc1SCC1CCCC1. The van der Waals surface area contributed by atoms with E-state index in [1.807, 2.05) is 24.8 Å². The summed E-state index contributed by atoms with van der Waals surface area (Å²) < 4.78 is 13.9. The molecule has 1 aliphatic carbocycles. The van der Waals surface area contributed by atoms with E-state index in [0.29, 0.717) is 0 Å². The second kappa shape index (κ2) is 8.19. The van der Waals surface area contributed by atoms with Crippen molar-refractivity contribution in [3.8, 4) is 0 Å². The Kier molecular flexibility index (Phi) is 6.56. The number of rotatable bonds is 7. The van der Waals surface area contributed by atoms with Crippen LogP contribution in [0.5, 0.6) is 0 Å². The third-order valence-corrected chi connectivity index (χ3v) is 5.71. The minimum atomic E-state index is -0.0830. The summed E-state index contributed by atoms with van der Waals surface area (Å²) in [5.41, 5.74) is 1.88. The van der Waals surface area contributed by atoms with E-state index in [9.17, 15) is 4.39 Å². The summed E-state index contributed by atoms with van der Waals surface area (Å²) in [6.07, 6.45) is 6.60. The maximum atomic E-state index is 13.9. The van der Waals surface area contributed by atoms with Gasteiger partial charge >= 0.3 is 0 Å². The molecule has 0 radical (unpaired) electrons. The smallest absolute Gasteiger partial charge is 0.126 e. The van der Waals surface area contributed by atoms with Crippen LogP contribution in [-0.4, -0.2) is 12.3 Å². The molecule has 0 heterocycles. The highest BCUT2D eigenvalue weighted by Gasteiger charge is 2.18. The molecule has 1 N–H and O–H groups in total. The third-order valence-electron chi connectivity index (χ3n) is 4.41. The molecule has 1 fully saturated rings. The average molecular weight is 309 g/mol. The Balaban J connectivity index is 2.10. The van der Waals surface area contributed by atoms with Crippen LogP contribution in [0.2, 0.25) is 0 Å². The van der Waals surface area contributed by atoms with Crippen molar-refractivity contribution < 1.29 is 4.39 Å². The Hall–Kier alpha value is -0.540. The Labute approximate surface area is 133 Å². The van der Waals surface area contributed by atoms with Gasteiger partial charge in [0.25, 0.3) is 0 Å². The van der Waals surface area contributed by atoms with Gasteiger partial charge in [-0.15, -0.1) is 11.8 Å². The van der Waals surface area contributed by atoms with E-state index in [4.69, 9.17) is 0 Å². The van der Waals surface area contributed by atoms with Crippen LogP contribution in [-0.2, 0) is 0 Å². The van der Waals surface area contributed by atoms with Gasteiger partial charge in [0, 0.05) is 16.7 Å². The molecule has 118 valence electrons. The van der Waals surface area contributed by atoms with E-state index in [1.165, 1.54) is 36.3 Å². The normalized spacial score (nSPS) is 17.3. The molecule has 1 nitrogen and oxygen atoms in total. The van der Waals surface area contributed by atoms with Crippen molar-refractivity contribution in [3.63, 3.8) is 0 Å². The average Bonchev–Trinajstić information content (AvgIpc) is 2.98. The predicted octanol–water partition coefficient (Wildman–Crippen LogP) is 5.48. The first-order valence-electron chi connectivity index (χ1n) is 8.28. The lowest BCUT2D eigenvalue weighted by atomic mass is 10.1. The van der Waals surface area contributed by atoms with Crippen LogP contribution in [0.4, 0.5) is 4.39 Å². The minimum Gasteiger partial charge on any atom is -0.310 e. The molecular formula is C18H28FNS. The van der Waals surface area contributed by atoms with Crippen molar-refractivity contribution in [2.75, 3.05) is 12.3 Å². The first-order valence-corrected chi connectivity index (χ1v) is 9.26. The summed E-state index contributed by atoms with van der Waals surface area (Å²) in [6.45, 7) is 7.14. The van der Waals surface area contributed by atoms with Gasteiger partial charge in [-0.3, -0.25) is 0 Å². The van der Waals surface area contributed by atoms with Crippen LogP contribution in [0, 0.1) is 18.7 Å². The van der Waals surface area contributed by atoms with E-state index in [0.717, 1.165) is 30.0 Å². The van der Waals surface area contributed by atoms with Gasteiger partial charge in [0.15, 0.2) is 0 Å². The van der Waals surface area contributed by atoms with Crippen LogP contribution in [0.1, 0.15) is 63.1 Å².